The van der Waals surface area contributed by atoms with Crippen molar-refractivity contribution in [1.29, 1.82) is 0 Å². The third-order valence-electron chi connectivity index (χ3n) is 3.95. The van der Waals surface area contributed by atoms with Crippen LogP contribution in [0.2, 0.25) is 0 Å². The molecule has 0 radical (unpaired) electrons. The number of amides is 2. The molecule has 9 heteroatoms. The molecule has 1 atom stereocenters. The summed E-state index contributed by atoms with van der Waals surface area (Å²) < 4.78 is 0.995. The molecule has 4 N–H and O–H groups in total. The van der Waals surface area contributed by atoms with E-state index >= 15 is 0 Å². The number of nitrogen functional groups attached to an aromatic ring is 1. The van der Waals surface area contributed by atoms with E-state index in [1.165, 1.54) is 6.20 Å². The van der Waals surface area contributed by atoms with Gasteiger partial charge < -0.3 is 21.5 Å². The van der Waals surface area contributed by atoms with Crippen molar-refractivity contribution in [3.63, 3.8) is 0 Å². The normalized spacial score (nSPS) is 11.0. The predicted molar refractivity (Wildman–Crippen MR) is 123 cm³/mol. The van der Waals surface area contributed by atoms with Crippen molar-refractivity contribution < 1.29 is 31.0 Å². The molecule has 0 aromatic carbocycles. The molecular formula is C21H32N5O2SW-. The van der Waals surface area contributed by atoms with Crippen LogP contribution in [-0.2, 0) is 21.1 Å². The van der Waals surface area contributed by atoms with Crippen molar-refractivity contribution in [3.05, 3.63) is 51.6 Å². The number of carbonyl (C=O) groups is 1. The van der Waals surface area contributed by atoms with E-state index in [4.69, 9.17) is 16.6 Å². The molecule has 1 unspecified atom stereocenters. The molecule has 2 rings (SSSR count). The molecule has 0 aliphatic rings. The number of anilines is 1. The molecule has 2 amide bonds. The van der Waals surface area contributed by atoms with Crippen LogP contribution >= 0.6 is 11.3 Å². The number of allylic oxidation sites excluding steroid dienone is 1. The number of thiazole rings is 1. The van der Waals surface area contributed by atoms with Gasteiger partial charge in [-0.05, 0) is 43.6 Å². The molecule has 166 valence electrons. The first-order chi connectivity index (χ1) is 13.7. The summed E-state index contributed by atoms with van der Waals surface area (Å²) in [6, 6.07) is 1.01. The minimum Gasteiger partial charge on any atom is -0.506 e. The smallest absolute Gasteiger partial charge is 0.152 e. The number of nitrogens with one attached hydrogen (secondary N) is 1. The quantitative estimate of drug-likeness (QED) is 0.542. The van der Waals surface area contributed by atoms with Crippen molar-refractivity contribution in [2.24, 2.45) is 5.92 Å². The van der Waals surface area contributed by atoms with Gasteiger partial charge >= 0.3 is 0 Å². The number of urea groups is 1. The Kier molecular flexibility index (Phi) is 16.6. The molecule has 0 aliphatic heterocycles. The molecule has 2 aromatic heterocycles. The number of hydrogen-bond donors (Lipinski definition) is 2. The van der Waals surface area contributed by atoms with Gasteiger partial charge in [-0.2, -0.15) is 0 Å². The molecule has 0 spiro atoms. The molecule has 0 saturated carbocycles. The number of carbonyl (C=O) groups excluding carboxylic acids is 1. The fourth-order valence-corrected chi connectivity index (χ4v) is 2.49. The summed E-state index contributed by atoms with van der Waals surface area (Å²) in [7, 11) is 0. The van der Waals surface area contributed by atoms with Gasteiger partial charge in [-0.3, -0.25) is 4.79 Å². The number of nitrogens with zero attached hydrogens (tertiary/aromatic N) is 3. The van der Waals surface area contributed by atoms with E-state index in [1.807, 2.05) is 13.0 Å². The monoisotopic (exact) mass is 602 g/mol. The Balaban J connectivity index is 0. The van der Waals surface area contributed by atoms with Crippen LogP contribution in [0, 0.1) is 12.8 Å². The molecular weight excluding hydrogens is 570 g/mol. The molecule has 30 heavy (non-hydrogen) atoms. The Morgan fingerprint density at radius 2 is 2.07 bits per heavy atom. The summed E-state index contributed by atoms with van der Waals surface area (Å²) in [5.74, 6) is 1.12. The van der Waals surface area contributed by atoms with Crippen molar-refractivity contribution >= 4 is 35.8 Å². The third-order valence-corrected chi connectivity index (χ3v) is 4.65. The molecule has 0 bridgehead atoms. The van der Waals surface area contributed by atoms with Crippen molar-refractivity contribution in [2.45, 2.75) is 34.1 Å². The second kappa shape index (κ2) is 16.6. The van der Waals surface area contributed by atoms with Gasteiger partial charge in [0.1, 0.15) is 11.6 Å². The Bertz CT molecular complexity index is 873. The summed E-state index contributed by atoms with van der Waals surface area (Å²) >= 11 is 1.54. The van der Waals surface area contributed by atoms with Gasteiger partial charge in [0.25, 0.3) is 0 Å². The van der Waals surface area contributed by atoms with E-state index in [-0.39, 0.29) is 26.8 Å². The Hall–Kier alpha value is -2.18. The number of aromatic nitrogens is 2. The van der Waals surface area contributed by atoms with Gasteiger partial charge in [0, 0.05) is 25.6 Å². The molecule has 0 saturated heterocycles. The Morgan fingerprint density at radius 1 is 1.43 bits per heavy atom. The number of rotatable bonds is 5. The molecule has 0 aliphatic carbocycles. The van der Waals surface area contributed by atoms with Crippen LogP contribution in [0.25, 0.3) is 18.4 Å². The van der Waals surface area contributed by atoms with Crippen LogP contribution in [0.5, 0.6) is 5.75 Å². The number of pyridine rings is 1. The SMILES string of the molecule is C=C/C=c1/ncsc1=C.CCC(C)CN(CC)C([NH-])=O.Cc1cc(O)cnc1N.[W]. The average molecular weight is 602 g/mol. The zero-order chi connectivity index (χ0) is 22.4. The van der Waals surface area contributed by atoms with Crippen molar-refractivity contribution in [3.8, 4) is 5.75 Å². The van der Waals surface area contributed by atoms with Crippen LogP contribution in [0.15, 0.2) is 30.4 Å². The van der Waals surface area contributed by atoms with E-state index in [1.54, 1.807) is 40.8 Å². The molecule has 2 aromatic rings. The van der Waals surface area contributed by atoms with Gasteiger partial charge in [-0.15, -0.1) is 11.3 Å². The fourth-order valence-electron chi connectivity index (χ4n) is 1.96. The summed E-state index contributed by atoms with van der Waals surface area (Å²) in [6.07, 6.45) is 5.94. The predicted octanol–water partition coefficient (Wildman–Crippen LogP) is 3.72. The zero-order valence-electron chi connectivity index (χ0n) is 18.1. The zero-order valence-corrected chi connectivity index (χ0v) is 21.8. The standard InChI is InChI=1S/C8H18N2O.C7H7NS.C6H8N2O.W/c1-4-7(3)6-10(5-2)8(9)11;1-3-4-7-6(2)9-5-8-7;1-4-2-5(9)3-8-6(4)7;/h7H,4-6H2,1-3H3,(H2,9,11);3-5H,1-2H2;2-3,9H,1H3,(H2,7,8);/p-1/b;7-4+;;. The first-order valence-electron chi connectivity index (χ1n) is 9.28. The maximum Gasteiger partial charge on any atom is 0.152 e. The average Bonchev–Trinajstić information content (AvgIpc) is 3.08. The van der Waals surface area contributed by atoms with Gasteiger partial charge in [0.2, 0.25) is 0 Å². The van der Waals surface area contributed by atoms with E-state index in [2.05, 4.69) is 37.0 Å². The van der Waals surface area contributed by atoms with E-state index in [0.717, 1.165) is 28.4 Å². The largest absolute Gasteiger partial charge is 0.506 e. The maximum atomic E-state index is 10.6. The van der Waals surface area contributed by atoms with E-state index in [9.17, 15) is 4.79 Å². The number of hydrogen-bond acceptors (Lipinski definition) is 6. The van der Waals surface area contributed by atoms with Crippen LogP contribution in [0.4, 0.5) is 10.6 Å². The molecule has 0 fully saturated rings. The first kappa shape index (κ1) is 30.0. The molecule has 7 nitrogen and oxygen atoms in total. The van der Waals surface area contributed by atoms with Crippen LogP contribution in [0.1, 0.15) is 32.8 Å². The first-order valence-corrected chi connectivity index (χ1v) is 10.2. The van der Waals surface area contributed by atoms with Gasteiger partial charge in [-0.1, -0.05) is 46.4 Å². The fraction of sp³-hybridized carbons (Fsp3) is 0.381. The minimum absolute atomic E-state index is 0. The van der Waals surface area contributed by atoms with Gasteiger partial charge in [-0.25, -0.2) is 9.97 Å². The Labute approximate surface area is 197 Å². The van der Waals surface area contributed by atoms with Gasteiger partial charge in [0.05, 0.1) is 17.1 Å². The van der Waals surface area contributed by atoms with Crippen molar-refractivity contribution in [2.75, 3.05) is 18.8 Å². The number of aromatic hydroxyl groups is 1. The summed E-state index contributed by atoms with van der Waals surface area (Å²) in [4.78, 5) is 19.9. The van der Waals surface area contributed by atoms with Crippen molar-refractivity contribution in [1.82, 2.24) is 14.9 Å². The summed E-state index contributed by atoms with van der Waals surface area (Å²) in [6.45, 7) is 16.6. The minimum atomic E-state index is -0.562. The maximum absolute atomic E-state index is 10.6. The third kappa shape index (κ3) is 12.4. The molecule has 2 heterocycles. The van der Waals surface area contributed by atoms with Crippen LogP contribution < -0.4 is 15.6 Å². The van der Waals surface area contributed by atoms with E-state index < -0.39 is 6.03 Å². The summed E-state index contributed by atoms with van der Waals surface area (Å²) in [5.41, 5.74) is 14.8. The van der Waals surface area contributed by atoms with Gasteiger partial charge in [0.15, 0.2) is 6.03 Å². The topological polar surface area (TPSA) is 116 Å². The summed E-state index contributed by atoms with van der Waals surface area (Å²) in [5, 5.41) is 9.75. The number of aryl methyl sites for hydroxylation is 1. The van der Waals surface area contributed by atoms with Crippen LogP contribution in [-0.4, -0.2) is 39.1 Å². The number of nitrogens with two attached hydrogens (primary N) is 1. The second-order valence-electron chi connectivity index (χ2n) is 6.32. The van der Waals surface area contributed by atoms with E-state index in [0.29, 0.717) is 18.3 Å². The Morgan fingerprint density at radius 3 is 2.43 bits per heavy atom. The van der Waals surface area contributed by atoms with Crippen LogP contribution in [0.3, 0.4) is 0 Å². The second-order valence-corrected chi connectivity index (χ2v) is 7.26.